The Kier molecular flexibility index (Phi) is 3.99. The van der Waals surface area contributed by atoms with Gasteiger partial charge >= 0.3 is 0 Å². The Balaban J connectivity index is 1.49. The van der Waals surface area contributed by atoms with E-state index in [1.807, 2.05) is 36.2 Å². The SMILES string of the molecule is CN(C(=O)c1cccc(-n2cnnc2)c1)[C@H]1C[C@H]2CC(=O)NC[C@H]2C1. The zero-order valence-electron chi connectivity index (χ0n) is 14.1. The molecule has 2 amide bonds. The van der Waals surface area contributed by atoms with Crippen LogP contribution in [0.15, 0.2) is 36.9 Å². The third-order valence-corrected chi connectivity index (χ3v) is 5.50. The van der Waals surface area contributed by atoms with Crippen LogP contribution in [0, 0.1) is 11.8 Å². The van der Waals surface area contributed by atoms with Crippen molar-refractivity contribution in [3.05, 3.63) is 42.5 Å². The van der Waals surface area contributed by atoms with Gasteiger partial charge < -0.3 is 10.2 Å². The van der Waals surface area contributed by atoms with Crippen LogP contribution in [0.1, 0.15) is 29.6 Å². The summed E-state index contributed by atoms with van der Waals surface area (Å²) in [5.41, 5.74) is 1.51. The second kappa shape index (κ2) is 6.31. The monoisotopic (exact) mass is 339 g/mol. The van der Waals surface area contributed by atoms with Crippen LogP contribution in [0.3, 0.4) is 0 Å². The Morgan fingerprint density at radius 3 is 2.80 bits per heavy atom. The van der Waals surface area contributed by atoms with E-state index in [4.69, 9.17) is 0 Å². The second-order valence-electron chi connectivity index (χ2n) is 6.99. The summed E-state index contributed by atoms with van der Waals surface area (Å²) >= 11 is 0. The van der Waals surface area contributed by atoms with Crippen molar-refractivity contribution in [1.29, 1.82) is 0 Å². The van der Waals surface area contributed by atoms with Gasteiger partial charge in [-0.05, 0) is 42.9 Å². The summed E-state index contributed by atoms with van der Waals surface area (Å²) in [6.45, 7) is 0.741. The lowest BCUT2D eigenvalue weighted by molar-refractivity contribution is -0.124. The van der Waals surface area contributed by atoms with Gasteiger partial charge in [0.25, 0.3) is 5.91 Å². The fourth-order valence-corrected chi connectivity index (χ4v) is 4.05. The molecule has 0 radical (unpaired) electrons. The average Bonchev–Trinajstić information content (AvgIpc) is 3.29. The van der Waals surface area contributed by atoms with Gasteiger partial charge in [0.05, 0.1) is 0 Å². The number of amides is 2. The van der Waals surface area contributed by atoms with E-state index in [0.29, 0.717) is 23.8 Å². The maximum atomic E-state index is 12.9. The molecule has 2 heterocycles. The highest BCUT2D eigenvalue weighted by molar-refractivity contribution is 5.94. The number of carbonyl (C=O) groups is 2. The lowest BCUT2D eigenvalue weighted by Gasteiger charge is -2.25. The Bertz CT molecular complexity index is 789. The Labute approximate surface area is 146 Å². The molecule has 1 aliphatic heterocycles. The van der Waals surface area contributed by atoms with E-state index in [-0.39, 0.29) is 17.9 Å². The summed E-state index contributed by atoms with van der Waals surface area (Å²) in [7, 11) is 1.87. The smallest absolute Gasteiger partial charge is 0.253 e. The molecule has 0 unspecified atom stereocenters. The summed E-state index contributed by atoms with van der Waals surface area (Å²) in [5.74, 6) is 1.04. The maximum absolute atomic E-state index is 12.9. The first-order valence-corrected chi connectivity index (χ1v) is 8.60. The number of hydrogen-bond acceptors (Lipinski definition) is 4. The summed E-state index contributed by atoms with van der Waals surface area (Å²) in [4.78, 5) is 26.4. The number of carbonyl (C=O) groups excluding carboxylic acids is 2. The molecule has 0 spiro atoms. The lowest BCUT2D eigenvalue weighted by Crippen LogP contribution is -2.38. The fourth-order valence-electron chi connectivity index (χ4n) is 4.05. The molecule has 4 rings (SSSR count). The van der Waals surface area contributed by atoms with Crippen molar-refractivity contribution in [2.45, 2.75) is 25.3 Å². The Morgan fingerprint density at radius 1 is 1.24 bits per heavy atom. The number of fused-ring (bicyclic) bond motifs is 1. The third-order valence-electron chi connectivity index (χ3n) is 5.50. The number of benzene rings is 1. The quantitative estimate of drug-likeness (QED) is 0.913. The molecule has 7 heteroatoms. The van der Waals surface area contributed by atoms with Gasteiger partial charge in [-0.1, -0.05) is 6.07 Å². The molecular formula is C18H21N5O2. The van der Waals surface area contributed by atoms with E-state index in [0.717, 1.165) is 25.1 Å². The maximum Gasteiger partial charge on any atom is 0.253 e. The zero-order chi connectivity index (χ0) is 17.4. The van der Waals surface area contributed by atoms with Crippen molar-refractivity contribution in [2.24, 2.45) is 11.8 Å². The van der Waals surface area contributed by atoms with E-state index >= 15 is 0 Å². The topological polar surface area (TPSA) is 80.1 Å². The summed E-state index contributed by atoms with van der Waals surface area (Å²) < 4.78 is 1.78. The molecule has 1 saturated carbocycles. The van der Waals surface area contributed by atoms with Crippen LogP contribution >= 0.6 is 0 Å². The summed E-state index contributed by atoms with van der Waals surface area (Å²) in [6, 6.07) is 7.66. The number of aromatic nitrogens is 3. The Hall–Kier alpha value is -2.70. The van der Waals surface area contributed by atoms with E-state index in [1.165, 1.54) is 0 Å². The van der Waals surface area contributed by atoms with Gasteiger partial charge in [-0.25, -0.2) is 0 Å². The van der Waals surface area contributed by atoms with Crippen LogP contribution in [0.5, 0.6) is 0 Å². The average molecular weight is 339 g/mol. The Morgan fingerprint density at radius 2 is 2.00 bits per heavy atom. The minimum atomic E-state index is 0.0119. The first-order valence-electron chi connectivity index (χ1n) is 8.60. The van der Waals surface area contributed by atoms with Crippen molar-refractivity contribution in [3.63, 3.8) is 0 Å². The van der Waals surface area contributed by atoms with Crippen LogP contribution < -0.4 is 5.32 Å². The van der Waals surface area contributed by atoms with Gasteiger partial charge in [0.1, 0.15) is 12.7 Å². The highest BCUT2D eigenvalue weighted by Gasteiger charge is 2.40. The van der Waals surface area contributed by atoms with E-state index in [9.17, 15) is 9.59 Å². The standard InChI is InChI=1S/C18H21N5O2/c1-22(16-6-13-8-17(24)19-9-14(13)7-16)18(25)12-3-2-4-15(5-12)23-10-20-21-11-23/h2-5,10-11,13-14,16H,6-9H2,1H3,(H,19,24)/t13-,14+,16-/m0/s1. The molecule has 7 nitrogen and oxygen atoms in total. The molecule has 1 saturated heterocycles. The number of piperidine rings is 1. The molecule has 130 valence electrons. The first kappa shape index (κ1) is 15.8. The predicted molar refractivity (Wildman–Crippen MR) is 91.1 cm³/mol. The number of rotatable bonds is 3. The van der Waals surface area contributed by atoms with Gasteiger partial charge in [0.2, 0.25) is 5.91 Å². The van der Waals surface area contributed by atoms with Gasteiger partial charge in [-0.2, -0.15) is 0 Å². The van der Waals surface area contributed by atoms with Gasteiger partial charge in [-0.15, -0.1) is 10.2 Å². The van der Waals surface area contributed by atoms with Crippen LogP contribution in [-0.2, 0) is 4.79 Å². The molecule has 2 aliphatic rings. The fraction of sp³-hybridized carbons (Fsp3) is 0.444. The van der Waals surface area contributed by atoms with Crippen molar-refractivity contribution in [2.75, 3.05) is 13.6 Å². The highest BCUT2D eigenvalue weighted by Crippen LogP contribution is 2.38. The highest BCUT2D eigenvalue weighted by atomic mass is 16.2. The van der Waals surface area contributed by atoms with Gasteiger partial charge in [-0.3, -0.25) is 14.2 Å². The molecule has 25 heavy (non-hydrogen) atoms. The van der Waals surface area contributed by atoms with Crippen molar-refractivity contribution >= 4 is 11.8 Å². The predicted octanol–water partition coefficient (Wildman–Crippen LogP) is 1.25. The van der Waals surface area contributed by atoms with Crippen LogP contribution in [0.25, 0.3) is 5.69 Å². The van der Waals surface area contributed by atoms with Gasteiger partial charge in [0, 0.05) is 37.3 Å². The van der Waals surface area contributed by atoms with E-state index in [1.54, 1.807) is 17.2 Å². The number of nitrogens with one attached hydrogen (secondary N) is 1. The minimum absolute atomic E-state index is 0.0119. The normalized spacial score (nSPS) is 25.3. The first-order chi connectivity index (χ1) is 12.1. The summed E-state index contributed by atoms with van der Waals surface area (Å²) in [6.07, 6.45) is 5.67. The van der Waals surface area contributed by atoms with E-state index in [2.05, 4.69) is 15.5 Å². The van der Waals surface area contributed by atoms with Gasteiger partial charge in [0.15, 0.2) is 0 Å². The molecule has 3 atom stereocenters. The molecule has 1 aromatic carbocycles. The molecule has 1 aliphatic carbocycles. The van der Waals surface area contributed by atoms with Crippen LogP contribution in [0.2, 0.25) is 0 Å². The molecule has 1 N–H and O–H groups in total. The van der Waals surface area contributed by atoms with Crippen molar-refractivity contribution in [1.82, 2.24) is 25.0 Å². The minimum Gasteiger partial charge on any atom is -0.356 e. The number of hydrogen-bond donors (Lipinski definition) is 1. The zero-order valence-corrected chi connectivity index (χ0v) is 14.1. The second-order valence-corrected chi connectivity index (χ2v) is 6.99. The van der Waals surface area contributed by atoms with Crippen molar-refractivity contribution in [3.8, 4) is 5.69 Å². The molecule has 0 bridgehead atoms. The third kappa shape index (κ3) is 3.01. The molecule has 1 aromatic heterocycles. The van der Waals surface area contributed by atoms with E-state index < -0.39 is 0 Å². The van der Waals surface area contributed by atoms with Crippen molar-refractivity contribution < 1.29 is 9.59 Å². The molecule has 2 aromatic rings. The largest absolute Gasteiger partial charge is 0.356 e. The number of nitrogens with zero attached hydrogens (tertiary/aromatic N) is 4. The summed E-state index contributed by atoms with van der Waals surface area (Å²) in [5, 5.41) is 10.5. The van der Waals surface area contributed by atoms with Crippen LogP contribution in [-0.4, -0.2) is 51.1 Å². The molecular weight excluding hydrogens is 318 g/mol. The lowest BCUT2D eigenvalue weighted by atomic mass is 9.89. The molecule has 2 fully saturated rings. The van der Waals surface area contributed by atoms with Crippen LogP contribution in [0.4, 0.5) is 0 Å².